The van der Waals surface area contributed by atoms with Gasteiger partial charge in [0.2, 0.25) is 5.91 Å². The number of anilines is 2. The molecule has 0 fully saturated rings. The number of amides is 1. The summed E-state index contributed by atoms with van der Waals surface area (Å²) in [6.07, 6.45) is 0.0159. The van der Waals surface area contributed by atoms with E-state index in [-0.39, 0.29) is 18.1 Å². The van der Waals surface area contributed by atoms with Crippen LogP contribution in [0.5, 0.6) is 0 Å². The van der Waals surface area contributed by atoms with Crippen molar-refractivity contribution in [3.05, 3.63) is 40.4 Å². The van der Waals surface area contributed by atoms with E-state index in [1.807, 2.05) is 52.0 Å². The van der Waals surface area contributed by atoms with Crippen molar-refractivity contribution in [3.63, 3.8) is 0 Å². The Morgan fingerprint density at radius 2 is 2.04 bits per heavy atom. The van der Waals surface area contributed by atoms with Crippen molar-refractivity contribution in [2.75, 3.05) is 17.7 Å². The number of nitrogens with zero attached hydrogens (tertiary/aromatic N) is 1. The van der Waals surface area contributed by atoms with Crippen LogP contribution in [-0.4, -0.2) is 24.0 Å². The number of thiazole rings is 1. The number of hydrogen-bond acceptors (Lipinski definition) is 5. The van der Waals surface area contributed by atoms with Gasteiger partial charge in [-0.25, -0.2) is 4.98 Å². The van der Waals surface area contributed by atoms with Crippen LogP contribution in [0.15, 0.2) is 24.3 Å². The average molecular weight is 333 g/mol. The van der Waals surface area contributed by atoms with E-state index in [9.17, 15) is 4.79 Å². The van der Waals surface area contributed by atoms with Gasteiger partial charge in [-0.05, 0) is 45.4 Å². The fourth-order valence-electron chi connectivity index (χ4n) is 2.07. The maximum absolute atomic E-state index is 12.3. The Hall–Kier alpha value is -1.92. The number of carbonyl (C=O) groups excluding carboxylic acids is 1. The van der Waals surface area contributed by atoms with Crippen molar-refractivity contribution < 1.29 is 9.53 Å². The molecule has 0 bridgehead atoms. The van der Waals surface area contributed by atoms with E-state index < -0.39 is 0 Å². The molecule has 0 aliphatic rings. The van der Waals surface area contributed by atoms with Gasteiger partial charge in [-0.2, -0.15) is 0 Å². The van der Waals surface area contributed by atoms with Gasteiger partial charge < -0.3 is 15.4 Å². The Morgan fingerprint density at radius 1 is 1.30 bits per heavy atom. The number of hydrogen-bond donors (Lipinski definition) is 2. The summed E-state index contributed by atoms with van der Waals surface area (Å²) >= 11 is 1.49. The second-order valence-electron chi connectivity index (χ2n) is 5.52. The van der Waals surface area contributed by atoms with Gasteiger partial charge in [-0.3, -0.25) is 4.79 Å². The number of rotatable bonds is 6. The zero-order valence-corrected chi connectivity index (χ0v) is 15.0. The Morgan fingerprint density at radius 3 is 2.65 bits per heavy atom. The number of aromatic nitrogens is 1. The van der Waals surface area contributed by atoms with E-state index >= 15 is 0 Å². The SMILES string of the molecule is CO[C@@H](C)c1cccc(N[C@H](C)C(=O)Nc2nc(C)c(C)s2)c1. The highest BCUT2D eigenvalue weighted by Crippen LogP contribution is 2.22. The third-order valence-electron chi connectivity index (χ3n) is 3.74. The van der Waals surface area contributed by atoms with Crippen LogP contribution in [0.4, 0.5) is 10.8 Å². The van der Waals surface area contributed by atoms with Gasteiger partial charge in [0, 0.05) is 17.7 Å². The summed E-state index contributed by atoms with van der Waals surface area (Å²) in [6, 6.07) is 7.52. The molecule has 0 aliphatic heterocycles. The van der Waals surface area contributed by atoms with Crippen molar-refractivity contribution in [1.82, 2.24) is 4.98 Å². The van der Waals surface area contributed by atoms with E-state index in [0.717, 1.165) is 21.8 Å². The van der Waals surface area contributed by atoms with Gasteiger partial charge >= 0.3 is 0 Å². The number of ether oxygens (including phenoxy) is 1. The van der Waals surface area contributed by atoms with Gasteiger partial charge in [0.1, 0.15) is 6.04 Å². The van der Waals surface area contributed by atoms with E-state index in [1.165, 1.54) is 11.3 Å². The summed E-state index contributed by atoms with van der Waals surface area (Å²) in [6.45, 7) is 7.75. The van der Waals surface area contributed by atoms with Crippen molar-refractivity contribution in [2.45, 2.75) is 39.8 Å². The molecule has 2 aromatic rings. The van der Waals surface area contributed by atoms with Crippen molar-refractivity contribution in [3.8, 4) is 0 Å². The molecule has 2 atom stereocenters. The van der Waals surface area contributed by atoms with Crippen LogP contribution in [-0.2, 0) is 9.53 Å². The predicted molar refractivity (Wildman–Crippen MR) is 95.2 cm³/mol. The van der Waals surface area contributed by atoms with Gasteiger partial charge in [-0.1, -0.05) is 12.1 Å². The lowest BCUT2D eigenvalue weighted by molar-refractivity contribution is -0.116. The highest BCUT2D eigenvalue weighted by molar-refractivity contribution is 7.15. The molecule has 0 saturated heterocycles. The summed E-state index contributed by atoms with van der Waals surface area (Å²) in [5.74, 6) is -0.107. The molecule has 1 aromatic heterocycles. The molecule has 0 spiro atoms. The highest BCUT2D eigenvalue weighted by atomic mass is 32.1. The lowest BCUT2D eigenvalue weighted by atomic mass is 10.1. The van der Waals surface area contributed by atoms with Crippen LogP contribution in [0, 0.1) is 13.8 Å². The predicted octanol–water partition coefficient (Wildman–Crippen LogP) is 3.91. The lowest BCUT2D eigenvalue weighted by Crippen LogP contribution is -2.31. The molecule has 2 rings (SSSR count). The standard InChI is InChI=1S/C17H23N3O2S/c1-10-13(4)23-17(19-10)20-16(21)11(2)18-15-8-6-7-14(9-15)12(3)22-5/h6-9,11-12,18H,1-5H3,(H,19,20,21)/t11-,12+/m1/s1. The Labute approximate surface area is 141 Å². The minimum Gasteiger partial charge on any atom is -0.377 e. The third kappa shape index (κ3) is 4.53. The molecule has 0 saturated carbocycles. The fourth-order valence-corrected chi connectivity index (χ4v) is 2.89. The molecule has 1 amide bonds. The average Bonchev–Trinajstić information content (AvgIpc) is 2.84. The molecular weight excluding hydrogens is 310 g/mol. The van der Waals surface area contributed by atoms with Gasteiger partial charge in [0.05, 0.1) is 11.8 Å². The van der Waals surface area contributed by atoms with E-state index in [4.69, 9.17) is 4.74 Å². The second-order valence-corrected chi connectivity index (χ2v) is 6.72. The molecule has 1 heterocycles. The zero-order valence-electron chi connectivity index (χ0n) is 14.1. The summed E-state index contributed by atoms with van der Waals surface area (Å²) in [5.41, 5.74) is 2.91. The molecule has 0 radical (unpaired) electrons. The maximum Gasteiger partial charge on any atom is 0.248 e. The van der Waals surface area contributed by atoms with Crippen LogP contribution in [0.2, 0.25) is 0 Å². The summed E-state index contributed by atoms with van der Waals surface area (Å²) in [4.78, 5) is 17.7. The van der Waals surface area contributed by atoms with Gasteiger partial charge in [-0.15, -0.1) is 11.3 Å². The largest absolute Gasteiger partial charge is 0.377 e. The van der Waals surface area contributed by atoms with Crippen LogP contribution in [0.3, 0.4) is 0 Å². The van der Waals surface area contributed by atoms with Crippen LogP contribution < -0.4 is 10.6 Å². The number of methoxy groups -OCH3 is 1. The van der Waals surface area contributed by atoms with Gasteiger partial charge in [0.25, 0.3) is 0 Å². The van der Waals surface area contributed by atoms with Crippen LogP contribution >= 0.6 is 11.3 Å². The molecular formula is C17H23N3O2S. The first-order chi connectivity index (χ1) is 10.9. The Balaban J connectivity index is 2.00. The number of carbonyl (C=O) groups is 1. The Bertz CT molecular complexity index is 665. The van der Waals surface area contributed by atoms with E-state index in [2.05, 4.69) is 15.6 Å². The first-order valence-electron chi connectivity index (χ1n) is 7.55. The van der Waals surface area contributed by atoms with E-state index in [1.54, 1.807) is 7.11 Å². The first kappa shape index (κ1) is 17.4. The molecule has 124 valence electrons. The quantitative estimate of drug-likeness (QED) is 0.841. The topological polar surface area (TPSA) is 63.2 Å². The summed E-state index contributed by atoms with van der Waals surface area (Å²) in [5, 5.41) is 6.70. The molecule has 0 unspecified atom stereocenters. The summed E-state index contributed by atoms with van der Waals surface area (Å²) in [7, 11) is 1.68. The minimum atomic E-state index is -0.368. The molecule has 23 heavy (non-hydrogen) atoms. The number of benzene rings is 1. The zero-order chi connectivity index (χ0) is 17.0. The monoisotopic (exact) mass is 333 g/mol. The third-order valence-corrected chi connectivity index (χ3v) is 4.73. The molecule has 2 N–H and O–H groups in total. The number of aryl methyl sites for hydroxylation is 2. The summed E-state index contributed by atoms with van der Waals surface area (Å²) < 4.78 is 5.32. The molecule has 0 aliphatic carbocycles. The number of nitrogens with one attached hydrogen (secondary N) is 2. The molecule has 5 nitrogen and oxygen atoms in total. The van der Waals surface area contributed by atoms with Gasteiger partial charge in [0.15, 0.2) is 5.13 Å². The smallest absolute Gasteiger partial charge is 0.248 e. The van der Waals surface area contributed by atoms with E-state index in [0.29, 0.717) is 5.13 Å². The normalized spacial score (nSPS) is 13.4. The maximum atomic E-state index is 12.3. The molecule has 6 heteroatoms. The minimum absolute atomic E-state index is 0.0159. The van der Waals surface area contributed by atoms with Crippen molar-refractivity contribution in [2.24, 2.45) is 0 Å². The molecule has 1 aromatic carbocycles. The van der Waals surface area contributed by atoms with Crippen molar-refractivity contribution in [1.29, 1.82) is 0 Å². The van der Waals surface area contributed by atoms with Crippen LogP contribution in [0.25, 0.3) is 0 Å². The Kier molecular flexibility index (Phi) is 5.74. The van der Waals surface area contributed by atoms with Crippen LogP contribution in [0.1, 0.15) is 36.1 Å². The lowest BCUT2D eigenvalue weighted by Gasteiger charge is -2.16. The second kappa shape index (κ2) is 7.57. The fraction of sp³-hybridized carbons (Fsp3) is 0.412. The first-order valence-corrected chi connectivity index (χ1v) is 8.36. The highest BCUT2D eigenvalue weighted by Gasteiger charge is 2.15. The van der Waals surface area contributed by atoms with Crippen molar-refractivity contribution >= 4 is 28.1 Å².